The molecule has 128 valence electrons. The molecule has 1 amide bonds. The third-order valence-corrected chi connectivity index (χ3v) is 4.65. The fourth-order valence-corrected chi connectivity index (χ4v) is 3.34. The van der Waals surface area contributed by atoms with E-state index in [9.17, 15) is 9.59 Å². The van der Waals surface area contributed by atoms with Crippen molar-refractivity contribution in [2.24, 2.45) is 0 Å². The van der Waals surface area contributed by atoms with E-state index < -0.39 is 5.63 Å². The predicted molar refractivity (Wildman–Crippen MR) is 100 cm³/mol. The molecule has 0 unspecified atom stereocenters. The monoisotopic (exact) mass is 363 g/mol. The minimum Gasteiger partial charge on any atom is -0.423 e. The van der Waals surface area contributed by atoms with Crippen molar-refractivity contribution in [2.75, 3.05) is 5.32 Å². The zero-order valence-electron chi connectivity index (χ0n) is 13.5. The van der Waals surface area contributed by atoms with Crippen LogP contribution in [0.3, 0.4) is 0 Å². The first kappa shape index (κ1) is 16.2. The lowest BCUT2D eigenvalue weighted by Gasteiger charge is -2.05. The maximum Gasteiger partial charge on any atom is 0.336 e. The minimum atomic E-state index is -0.401. The van der Waals surface area contributed by atoms with Crippen LogP contribution in [-0.4, -0.2) is 15.9 Å². The van der Waals surface area contributed by atoms with Crippen molar-refractivity contribution in [3.63, 3.8) is 0 Å². The summed E-state index contributed by atoms with van der Waals surface area (Å²) >= 11 is 1.48. The molecular formula is C19H13N3O3S. The maximum atomic E-state index is 12.3. The van der Waals surface area contributed by atoms with Crippen LogP contribution in [0.4, 0.5) is 5.69 Å². The summed E-state index contributed by atoms with van der Waals surface area (Å²) in [5.74, 6) is -0.162. The number of amides is 1. The third-order valence-electron chi connectivity index (χ3n) is 3.70. The number of anilines is 1. The molecule has 0 aliphatic rings. The van der Waals surface area contributed by atoms with E-state index in [4.69, 9.17) is 4.42 Å². The molecule has 4 rings (SSSR count). The predicted octanol–water partition coefficient (Wildman–Crippen LogP) is 3.49. The normalized spacial score (nSPS) is 10.8. The molecule has 3 aromatic heterocycles. The van der Waals surface area contributed by atoms with E-state index in [1.165, 1.54) is 17.4 Å². The number of pyridine rings is 1. The highest BCUT2D eigenvalue weighted by molar-refractivity contribution is 7.13. The number of rotatable bonds is 4. The molecule has 0 saturated heterocycles. The number of nitrogens with one attached hydrogen (secondary N) is 1. The van der Waals surface area contributed by atoms with Crippen molar-refractivity contribution >= 4 is 33.9 Å². The van der Waals surface area contributed by atoms with Gasteiger partial charge in [-0.25, -0.2) is 9.78 Å². The Kier molecular flexibility index (Phi) is 4.28. The number of carbonyl (C=O) groups is 1. The SMILES string of the molecule is O=C(Cc1csc(-c2cccnc2)n1)Nc1ccc2oc(=O)ccc2c1. The summed E-state index contributed by atoms with van der Waals surface area (Å²) in [6.45, 7) is 0. The average Bonchev–Trinajstić information content (AvgIpc) is 3.11. The molecule has 1 aromatic carbocycles. The molecule has 3 heterocycles. The second-order valence-corrected chi connectivity index (χ2v) is 6.48. The number of carbonyl (C=O) groups excluding carboxylic acids is 1. The summed E-state index contributed by atoms with van der Waals surface area (Å²) in [4.78, 5) is 32.1. The average molecular weight is 363 g/mol. The van der Waals surface area contributed by atoms with Crippen LogP contribution in [0, 0.1) is 0 Å². The topological polar surface area (TPSA) is 85.1 Å². The van der Waals surface area contributed by atoms with Gasteiger partial charge in [-0.1, -0.05) is 0 Å². The smallest absolute Gasteiger partial charge is 0.336 e. The summed E-state index contributed by atoms with van der Waals surface area (Å²) in [5.41, 5.74) is 2.36. The van der Waals surface area contributed by atoms with E-state index in [2.05, 4.69) is 15.3 Å². The molecule has 7 heteroatoms. The highest BCUT2D eigenvalue weighted by Gasteiger charge is 2.10. The van der Waals surface area contributed by atoms with E-state index in [0.29, 0.717) is 17.0 Å². The Morgan fingerprint density at radius 3 is 2.96 bits per heavy atom. The number of benzene rings is 1. The van der Waals surface area contributed by atoms with Crippen molar-refractivity contribution in [3.8, 4) is 10.6 Å². The first-order chi connectivity index (χ1) is 12.7. The molecule has 0 atom stereocenters. The van der Waals surface area contributed by atoms with Gasteiger partial charge in [-0.3, -0.25) is 9.78 Å². The van der Waals surface area contributed by atoms with Gasteiger partial charge in [0.15, 0.2) is 0 Å². The molecule has 0 bridgehead atoms. The van der Waals surface area contributed by atoms with Gasteiger partial charge in [0.2, 0.25) is 5.91 Å². The molecule has 0 spiro atoms. The molecule has 4 aromatic rings. The van der Waals surface area contributed by atoms with Gasteiger partial charge in [-0.05, 0) is 36.4 Å². The minimum absolute atomic E-state index is 0.162. The summed E-state index contributed by atoms with van der Waals surface area (Å²) < 4.78 is 5.08. The Morgan fingerprint density at radius 1 is 1.19 bits per heavy atom. The lowest BCUT2D eigenvalue weighted by atomic mass is 10.2. The summed E-state index contributed by atoms with van der Waals surface area (Å²) in [5, 5.41) is 6.29. The first-order valence-corrected chi connectivity index (χ1v) is 8.74. The number of hydrogen-bond acceptors (Lipinski definition) is 6. The van der Waals surface area contributed by atoms with Crippen LogP contribution < -0.4 is 10.9 Å². The van der Waals surface area contributed by atoms with Crippen molar-refractivity contribution in [1.82, 2.24) is 9.97 Å². The van der Waals surface area contributed by atoms with Crippen LogP contribution >= 0.6 is 11.3 Å². The van der Waals surface area contributed by atoms with Crippen LogP contribution in [-0.2, 0) is 11.2 Å². The van der Waals surface area contributed by atoms with E-state index in [0.717, 1.165) is 16.0 Å². The van der Waals surface area contributed by atoms with Crippen molar-refractivity contribution in [2.45, 2.75) is 6.42 Å². The van der Waals surface area contributed by atoms with E-state index >= 15 is 0 Å². The second-order valence-electron chi connectivity index (χ2n) is 5.62. The Hall–Kier alpha value is -3.32. The van der Waals surface area contributed by atoms with Gasteiger partial charge in [0.1, 0.15) is 10.6 Å². The molecule has 0 fully saturated rings. The molecule has 6 nitrogen and oxygen atoms in total. The third kappa shape index (κ3) is 3.52. The molecule has 0 aliphatic carbocycles. The lowest BCUT2D eigenvalue weighted by molar-refractivity contribution is -0.115. The van der Waals surface area contributed by atoms with E-state index in [-0.39, 0.29) is 12.3 Å². The maximum absolute atomic E-state index is 12.3. The van der Waals surface area contributed by atoms with Gasteiger partial charge in [-0.15, -0.1) is 11.3 Å². The molecule has 0 aliphatic heterocycles. The highest BCUT2D eigenvalue weighted by atomic mass is 32.1. The largest absolute Gasteiger partial charge is 0.423 e. The number of fused-ring (bicyclic) bond motifs is 1. The van der Waals surface area contributed by atoms with Crippen LogP contribution in [0.25, 0.3) is 21.5 Å². The fraction of sp³-hybridized carbons (Fsp3) is 0.0526. The fourth-order valence-electron chi connectivity index (χ4n) is 2.53. The van der Waals surface area contributed by atoms with Gasteiger partial charge in [0, 0.05) is 40.5 Å². The summed E-state index contributed by atoms with van der Waals surface area (Å²) in [6.07, 6.45) is 3.63. The molecule has 1 N–H and O–H groups in total. The van der Waals surface area contributed by atoms with Gasteiger partial charge in [0.05, 0.1) is 12.1 Å². The van der Waals surface area contributed by atoms with Gasteiger partial charge >= 0.3 is 5.63 Å². The summed E-state index contributed by atoms with van der Waals surface area (Å²) in [6, 6.07) is 11.9. The van der Waals surface area contributed by atoms with Crippen LogP contribution in [0.2, 0.25) is 0 Å². The zero-order valence-corrected chi connectivity index (χ0v) is 14.3. The summed E-state index contributed by atoms with van der Waals surface area (Å²) in [7, 11) is 0. The van der Waals surface area contributed by atoms with Crippen LogP contribution in [0.15, 0.2) is 69.5 Å². The second kappa shape index (κ2) is 6.89. The molecular weight excluding hydrogens is 350 g/mol. The Balaban J connectivity index is 1.46. The van der Waals surface area contributed by atoms with Crippen molar-refractivity contribution in [3.05, 3.63) is 76.4 Å². The zero-order chi connectivity index (χ0) is 17.9. The van der Waals surface area contributed by atoms with Gasteiger partial charge in [-0.2, -0.15) is 0 Å². The Labute approximate surface area is 152 Å². The number of aromatic nitrogens is 2. The van der Waals surface area contributed by atoms with Crippen molar-refractivity contribution in [1.29, 1.82) is 0 Å². The highest BCUT2D eigenvalue weighted by Crippen LogP contribution is 2.23. The lowest BCUT2D eigenvalue weighted by Crippen LogP contribution is -2.14. The van der Waals surface area contributed by atoms with E-state index in [1.807, 2.05) is 17.5 Å². The van der Waals surface area contributed by atoms with E-state index in [1.54, 1.807) is 36.7 Å². The quantitative estimate of drug-likeness (QED) is 0.561. The van der Waals surface area contributed by atoms with Crippen molar-refractivity contribution < 1.29 is 9.21 Å². The number of hydrogen-bond donors (Lipinski definition) is 1. The van der Waals surface area contributed by atoms with Gasteiger partial charge < -0.3 is 9.73 Å². The van der Waals surface area contributed by atoms with Crippen LogP contribution in [0.5, 0.6) is 0 Å². The molecule has 0 radical (unpaired) electrons. The molecule has 0 saturated carbocycles. The van der Waals surface area contributed by atoms with Crippen LogP contribution in [0.1, 0.15) is 5.69 Å². The Morgan fingerprint density at radius 2 is 2.12 bits per heavy atom. The Bertz CT molecular complexity index is 1140. The van der Waals surface area contributed by atoms with Gasteiger partial charge in [0.25, 0.3) is 0 Å². The number of nitrogens with zero attached hydrogens (tertiary/aromatic N) is 2. The molecule has 26 heavy (non-hydrogen) atoms. The standard InChI is InChI=1S/C19H13N3O3S/c23-17(9-15-11-26-19(22-15)13-2-1-7-20-10-13)21-14-4-5-16-12(8-14)3-6-18(24)25-16/h1-8,10-11H,9H2,(H,21,23). The number of thiazole rings is 1. The first-order valence-electron chi connectivity index (χ1n) is 7.86.